The molecular formula is C17H36NOS+. The van der Waals surface area contributed by atoms with Crippen LogP contribution >= 0.6 is 11.8 Å². The summed E-state index contributed by atoms with van der Waals surface area (Å²) in [5.74, 6) is 1.00. The lowest BCUT2D eigenvalue weighted by Gasteiger charge is -2.37. The van der Waals surface area contributed by atoms with Crippen LogP contribution in [0, 0.1) is 0 Å². The molecule has 3 heteroatoms. The maximum absolute atomic E-state index is 11.8. The first-order chi connectivity index (χ1) is 9.64. The van der Waals surface area contributed by atoms with Crippen LogP contribution in [0.2, 0.25) is 0 Å². The first-order valence-corrected chi connectivity index (χ1v) is 9.63. The molecule has 0 aliphatic rings. The summed E-state index contributed by atoms with van der Waals surface area (Å²) in [6.45, 7) is 13.9. The number of quaternary nitrogens is 1. The number of hydrogen-bond acceptors (Lipinski definition) is 2. The molecule has 0 aromatic heterocycles. The minimum atomic E-state index is 0.402. The van der Waals surface area contributed by atoms with Gasteiger partial charge < -0.3 is 4.48 Å². The highest BCUT2D eigenvalue weighted by atomic mass is 32.2. The lowest BCUT2D eigenvalue weighted by Crippen LogP contribution is -2.50. The molecule has 0 amide bonds. The third-order valence-electron chi connectivity index (χ3n) is 4.17. The van der Waals surface area contributed by atoms with E-state index in [1.165, 1.54) is 56.2 Å². The minimum Gasteiger partial charge on any atom is -0.323 e. The summed E-state index contributed by atoms with van der Waals surface area (Å²) in [6.07, 6.45) is 8.05. The number of nitrogens with zero attached hydrogens (tertiary/aromatic N) is 1. The van der Waals surface area contributed by atoms with Gasteiger partial charge in [-0.25, -0.2) is 0 Å². The van der Waals surface area contributed by atoms with Crippen LogP contribution in [-0.2, 0) is 4.79 Å². The normalized spacial score (nSPS) is 14.2. The standard InChI is InChI=1S/C17H36NOS/c1-5-9-11-12-17(19)20-16-15-18(8-4,13-7-3)14-10-6-2/h5-16H2,1-4H3/q+1. The van der Waals surface area contributed by atoms with E-state index in [1.54, 1.807) is 11.8 Å². The summed E-state index contributed by atoms with van der Waals surface area (Å²) in [6, 6.07) is 0. The summed E-state index contributed by atoms with van der Waals surface area (Å²) >= 11 is 1.57. The average molecular weight is 303 g/mol. The summed E-state index contributed by atoms with van der Waals surface area (Å²) in [7, 11) is 0. The van der Waals surface area contributed by atoms with E-state index in [4.69, 9.17) is 0 Å². The smallest absolute Gasteiger partial charge is 0.189 e. The SMILES string of the molecule is CCCCCC(=O)SCC[N+](CC)(CCC)CCCC. The van der Waals surface area contributed by atoms with Crippen LogP contribution in [0.15, 0.2) is 0 Å². The van der Waals surface area contributed by atoms with Crippen molar-refractivity contribution in [3.63, 3.8) is 0 Å². The zero-order valence-corrected chi connectivity index (χ0v) is 15.1. The molecule has 0 aromatic rings. The molecule has 0 bridgehead atoms. The van der Waals surface area contributed by atoms with Crippen LogP contribution < -0.4 is 0 Å². The van der Waals surface area contributed by atoms with E-state index in [0.29, 0.717) is 5.12 Å². The van der Waals surface area contributed by atoms with Gasteiger partial charge in [0, 0.05) is 6.42 Å². The fourth-order valence-corrected chi connectivity index (χ4v) is 3.72. The van der Waals surface area contributed by atoms with Crippen LogP contribution in [0.1, 0.15) is 72.6 Å². The molecule has 0 spiro atoms. The Morgan fingerprint density at radius 3 is 2.10 bits per heavy atom. The van der Waals surface area contributed by atoms with E-state index in [-0.39, 0.29) is 0 Å². The van der Waals surface area contributed by atoms with Gasteiger partial charge >= 0.3 is 0 Å². The highest BCUT2D eigenvalue weighted by Gasteiger charge is 2.23. The molecule has 0 radical (unpaired) electrons. The Hall–Kier alpha value is -0.0200. The molecule has 20 heavy (non-hydrogen) atoms. The average Bonchev–Trinajstić information content (AvgIpc) is 2.45. The van der Waals surface area contributed by atoms with Crippen molar-refractivity contribution in [3.05, 3.63) is 0 Å². The van der Waals surface area contributed by atoms with E-state index in [2.05, 4.69) is 27.7 Å². The summed E-state index contributed by atoms with van der Waals surface area (Å²) in [5, 5.41) is 0.402. The van der Waals surface area contributed by atoms with Crippen LogP contribution in [0.3, 0.4) is 0 Å². The lowest BCUT2D eigenvalue weighted by atomic mass is 10.2. The van der Waals surface area contributed by atoms with Gasteiger partial charge in [0.2, 0.25) is 0 Å². The van der Waals surface area contributed by atoms with E-state index >= 15 is 0 Å². The van der Waals surface area contributed by atoms with Gasteiger partial charge in [0.05, 0.1) is 31.9 Å². The number of carbonyl (C=O) groups excluding carboxylic acids is 1. The molecule has 0 aliphatic carbocycles. The summed E-state index contributed by atoms with van der Waals surface area (Å²) in [5.41, 5.74) is 0. The predicted octanol–water partition coefficient (Wildman–Crippen LogP) is 4.87. The molecule has 1 unspecified atom stereocenters. The Kier molecular flexibility index (Phi) is 12.7. The maximum atomic E-state index is 11.8. The van der Waals surface area contributed by atoms with Gasteiger partial charge in [-0.3, -0.25) is 4.79 Å². The minimum absolute atomic E-state index is 0.402. The molecule has 0 aliphatic heterocycles. The first kappa shape index (κ1) is 20.0. The van der Waals surface area contributed by atoms with Gasteiger partial charge in [-0.2, -0.15) is 0 Å². The van der Waals surface area contributed by atoms with Crippen LogP contribution in [0.4, 0.5) is 0 Å². The number of carbonyl (C=O) groups is 1. The fourth-order valence-electron chi connectivity index (χ4n) is 2.72. The van der Waals surface area contributed by atoms with Crippen molar-refractivity contribution in [3.8, 4) is 0 Å². The highest BCUT2D eigenvalue weighted by Crippen LogP contribution is 2.16. The predicted molar refractivity (Wildman–Crippen MR) is 92.2 cm³/mol. The van der Waals surface area contributed by atoms with Crippen molar-refractivity contribution in [1.82, 2.24) is 0 Å². The Morgan fingerprint density at radius 1 is 0.850 bits per heavy atom. The zero-order valence-electron chi connectivity index (χ0n) is 14.2. The van der Waals surface area contributed by atoms with E-state index < -0.39 is 0 Å². The third-order valence-corrected chi connectivity index (χ3v) is 5.08. The second-order valence-corrected chi connectivity index (χ2v) is 7.01. The van der Waals surface area contributed by atoms with Crippen molar-refractivity contribution >= 4 is 16.9 Å². The topological polar surface area (TPSA) is 17.1 Å². The molecule has 0 rings (SSSR count). The molecule has 0 aromatic carbocycles. The van der Waals surface area contributed by atoms with Gasteiger partial charge in [-0.1, -0.05) is 51.8 Å². The fraction of sp³-hybridized carbons (Fsp3) is 0.941. The summed E-state index contributed by atoms with van der Waals surface area (Å²) in [4.78, 5) is 11.8. The Labute approximate surface area is 131 Å². The largest absolute Gasteiger partial charge is 0.323 e. The first-order valence-electron chi connectivity index (χ1n) is 8.64. The maximum Gasteiger partial charge on any atom is 0.189 e. The van der Waals surface area contributed by atoms with Gasteiger partial charge in [-0.05, 0) is 26.2 Å². The monoisotopic (exact) mass is 302 g/mol. The zero-order chi connectivity index (χ0) is 15.3. The number of thioether (sulfide) groups is 1. The Balaban J connectivity index is 4.08. The van der Waals surface area contributed by atoms with Gasteiger partial charge in [0.1, 0.15) is 0 Å². The van der Waals surface area contributed by atoms with E-state index in [0.717, 1.165) is 25.1 Å². The van der Waals surface area contributed by atoms with Crippen LogP contribution in [0.25, 0.3) is 0 Å². The molecule has 0 saturated carbocycles. The quantitative estimate of drug-likeness (QED) is 0.356. The van der Waals surface area contributed by atoms with Crippen LogP contribution in [-0.4, -0.2) is 41.5 Å². The highest BCUT2D eigenvalue weighted by molar-refractivity contribution is 8.13. The Morgan fingerprint density at radius 2 is 1.55 bits per heavy atom. The molecule has 0 N–H and O–H groups in total. The second kappa shape index (κ2) is 12.7. The molecule has 0 saturated heterocycles. The molecule has 2 nitrogen and oxygen atoms in total. The summed E-state index contributed by atoms with van der Waals surface area (Å²) < 4.78 is 1.21. The van der Waals surface area contributed by atoms with Crippen molar-refractivity contribution in [1.29, 1.82) is 0 Å². The number of hydrogen-bond donors (Lipinski definition) is 0. The number of rotatable bonds is 13. The van der Waals surface area contributed by atoms with Crippen molar-refractivity contribution < 1.29 is 9.28 Å². The van der Waals surface area contributed by atoms with E-state index in [1.807, 2.05) is 0 Å². The number of unbranched alkanes of at least 4 members (excludes halogenated alkanes) is 3. The lowest BCUT2D eigenvalue weighted by molar-refractivity contribution is -0.924. The Bertz CT molecular complexity index is 245. The van der Waals surface area contributed by atoms with Gasteiger partial charge in [-0.15, -0.1) is 0 Å². The molecule has 120 valence electrons. The third kappa shape index (κ3) is 9.02. The molecular weight excluding hydrogens is 266 g/mol. The van der Waals surface area contributed by atoms with Crippen molar-refractivity contribution in [2.24, 2.45) is 0 Å². The second-order valence-electron chi connectivity index (χ2n) is 5.86. The molecule has 0 heterocycles. The van der Waals surface area contributed by atoms with Crippen molar-refractivity contribution in [2.45, 2.75) is 72.6 Å². The van der Waals surface area contributed by atoms with Crippen molar-refractivity contribution in [2.75, 3.05) is 31.9 Å². The van der Waals surface area contributed by atoms with Crippen LogP contribution in [0.5, 0.6) is 0 Å². The van der Waals surface area contributed by atoms with Gasteiger partial charge in [0.25, 0.3) is 0 Å². The molecule has 0 fully saturated rings. The van der Waals surface area contributed by atoms with Gasteiger partial charge in [0.15, 0.2) is 5.12 Å². The van der Waals surface area contributed by atoms with E-state index in [9.17, 15) is 4.79 Å². The molecule has 1 atom stereocenters.